The van der Waals surface area contributed by atoms with Crippen molar-refractivity contribution in [2.45, 2.75) is 17.7 Å². The van der Waals surface area contributed by atoms with E-state index in [1.165, 1.54) is 29.6 Å². The molecule has 1 aromatic carbocycles. The minimum atomic E-state index is -3.68. The van der Waals surface area contributed by atoms with E-state index in [9.17, 15) is 13.2 Å². The number of hydrogen-bond acceptors (Lipinski definition) is 7. The lowest BCUT2D eigenvalue weighted by molar-refractivity contribution is 0.0730. The quantitative estimate of drug-likeness (QED) is 0.543. The van der Waals surface area contributed by atoms with Crippen LogP contribution >= 0.6 is 0 Å². The van der Waals surface area contributed by atoms with E-state index in [1.807, 2.05) is 0 Å². The monoisotopic (exact) mass is 454 g/mol. The van der Waals surface area contributed by atoms with Crippen molar-refractivity contribution in [2.24, 2.45) is 0 Å². The molecule has 31 heavy (non-hydrogen) atoms. The first-order valence-corrected chi connectivity index (χ1v) is 12.3. The number of carbonyl (C=O) groups is 1. The number of nitrogens with zero attached hydrogens (tertiary/aromatic N) is 3. The molecular formula is C21H34N4O5S. The number of hydrogen-bond donors (Lipinski definition) is 1. The van der Waals surface area contributed by atoms with Gasteiger partial charge in [0.05, 0.1) is 30.8 Å². The second kappa shape index (κ2) is 11.2. The Labute approximate surface area is 185 Å². The lowest BCUT2D eigenvalue weighted by atomic mass is 10.2. The number of rotatable bonds is 9. The Morgan fingerprint density at radius 3 is 2.48 bits per heavy atom. The van der Waals surface area contributed by atoms with Gasteiger partial charge in [0.2, 0.25) is 10.0 Å². The number of carbonyl (C=O) groups excluding carboxylic acids is 1. The molecule has 10 heteroatoms. The van der Waals surface area contributed by atoms with Gasteiger partial charge in [-0.25, -0.2) is 8.42 Å². The van der Waals surface area contributed by atoms with Crippen LogP contribution in [0.15, 0.2) is 23.1 Å². The molecule has 0 radical (unpaired) electrons. The third kappa shape index (κ3) is 6.39. The SMILES string of the molecule is COc1ccc(S(=O)(=O)N2CCOCC2)cc1C(=O)NCCCCN1CCN(C)CC1. The number of methoxy groups -OCH3 is 1. The summed E-state index contributed by atoms with van der Waals surface area (Å²) < 4.78 is 37.8. The first kappa shape index (κ1) is 23.9. The van der Waals surface area contributed by atoms with Crippen molar-refractivity contribution in [1.82, 2.24) is 19.4 Å². The molecule has 9 nitrogen and oxygen atoms in total. The Morgan fingerprint density at radius 1 is 1.10 bits per heavy atom. The fourth-order valence-electron chi connectivity index (χ4n) is 3.79. The summed E-state index contributed by atoms with van der Waals surface area (Å²) in [5.74, 6) is 0.0336. The van der Waals surface area contributed by atoms with E-state index < -0.39 is 10.0 Å². The second-order valence-corrected chi connectivity index (χ2v) is 9.92. The van der Waals surface area contributed by atoms with Crippen LogP contribution in [0.25, 0.3) is 0 Å². The number of unbranched alkanes of at least 4 members (excludes halogenated alkanes) is 1. The maximum atomic E-state index is 12.9. The van der Waals surface area contributed by atoms with Gasteiger partial charge in [0, 0.05) is 45.8 Å². The van der Waals surface area contributed by atoms with Crippen LogP contribution in [-0.4, -0.2) is 108 Å². The van der Waals surface area contributed by atoms with Crippen LogP contribution in [0.2, 0.25) is 0 Å². The molecule has 0 aliphatic carbocycles. The van der Waals surface area contributed by atoms with E-state index in [2.05, 4.69) is 22.2 Å². The summed E-state index contributed by atoms with van der Waals surface area (Å²) in [6.45, 7) is 7.30. The van der Waals surface area contributed by atoms with E-state index in [0.29, 0.717) is 38.6 Å². The molecule has 1 amide bonds. The van der Waals surface area contributed by atoms with Gasteiger partial charge >= 0.3 is 0 Å². The average molecular weight is 455 g/mol. The molecule has 0 aromatic heterocycles. The highest BCUT2D eigenvalue weighted by Gasteiger charge is 2.28. The van der Waals surface area contributed by atoms with Crippen molar-refractivity contribution in [3.63, 3.8) is 0 Å². The first-order valence-electron chi connectivity index (χ1n) is 10.9. The number of amides is 1. The summed E-state index contributed by atoms with van der Waals surface area (Å²) in [4.78, 5) is 17.6. The van der Waals surface area contributed by atoms with Crippen LogP contribution in [0.1, 0.15) is 23.2 Å². The topological polar surface area (TPSA) is 91.4 Å². The van der Waals surface area contributed by atoms with Crippen molar-refractivity contribution < 1.29 is 22.7 Å². The zero-order valence-corrected chi connectivity index (χ0v) is 19.3. The highest BCUT2D eigenvalue weighted by Crippen LogP contribution is 2.25. The Bertz CT molecular complexity index is 834. The number of sulfonamides is 1. The molecule has 0 bridgehead atoms. The number of piperazine rings is 1. The Morgan fingerprint density at radius 2 is 1.81 bits per heavy atom. The minimum Gasteiger partial charge on any atom is -0.496 e. The molecule has 1 aromatic rings. The molecule has 2 saturated heterocycles. The number of ether oxygens (including phenoxy) is 2. The largest absolute Gasteiger partial charge is 0.496 e. The lowest BCUT2D eigenvalue weighted by Gasteiger charge is -2.32. The third-order valence-electron chi connectivity index (χ3n) is 5.81. The van der Waals surface area contributed by atoms with E-state index in [-0.39, 0.29) is 16.4 Å². The van der Waals surface area contributed by atoms with Gasteiger partial charge in [-0.15, -0.1) is 0 Å². The van der Waals surface area contributed by atoms with Crippen molar-refractivity contribution in [3.05, 3.63) is 23.8 Å². The smallest absolute Gasteiger partial charge is 0.255 e. The molecule has 3 rings (SSSR count). The summed E-state index contributed by atoms with van der Waals surface area (Å²) in [7, 11) is -0.0680. The van der Waals surface area contributed by atoms with E-state index in [0.717, 1.165) is 45.6 Å². The molecule has 174 valence electrons. The van der Waals surface area contributed by atoms with Crippen LogP contribution in [0.3, 0.4) is 0 Å². The Balaban J connectivity index is 1.55. The van der Waals surface area contributed by atoms with Crippen LogP contribution in [-0.2, 0) is 14.8 Å². The Hall–Kier alpha value is -1.72. The van der Waals surface area contributed by atoms with Crippen molar-refractivity contribution in [3.8, 4) is 5.75 Å². The van der Waals surface area contributed by atoms with Crippen LogP contribution in [0.4, 0.5) is 0 Å². The fourth-order valence-corrected chi connectivity index (χ4v) is 5.22. The standard InChI is InChI=1S/C21H34N4O5S/c1-23-9-11-24(12-10-23)8-4-3-7-22-21(26)19-17-18(5-6-20(19)29-2)31(27,28)25-13-15-30-16-14-25/h5-6,17H,3-4,7-16H2,1-2H3,(H,22,26). The molecule has 2 fully saturated rings. The van der Waals surface area contributed by atoms with E-state index in [1.54, 1.807) is 0 Å². The van der Waals surface area contributed by atoms with Crippen molar-refractivity contribution in [1.29, 1.82) is 0 Å². The molecule has 2 aliphatic rings. The van der Waals surface area contributed by atoms with Gasteiger partial charge in [-0.1, -0.05) is 0 Å². The predicted octanol–water partition coefficient (Wildman–Crippen LogP) is 0.474. The molecule has 0 atom stereocenters. The van der Waals surface area contributed by atoms with Gasteiger partial charge in [0.1, 0.15) is 5.75 Å². The third-order valence-corrected chi connectivity index (χ3v) is 7.70. The van der Waals surface area contributed by atoms with E-state index in [4.69, 9.17) is 9.47 Å². The number of morpholine rings is 1. The van der Waals surface area contributed by atoms with Crippen molar-refractivity contribution in [2.75, 3.05) is 79.7 Å². The molecule has 0 spiro atoms. The summed E-state index contributed by atoms with van der Waals surface area (Å²) >= 11 is 0. The molecule has 0 unspecified atom stereocenters. The summed E-state index contributed by atoms with van der Waals surface area (Å²) in [6, 6.07) is 4.43. The van der Waals surface area contributed by atoms with Crippen LogP contribution < -0.4 is 10.1 Å². The predicted molar refractivity (Wildman–Crippen MR) is 118 cm³/mol. The van der Waals surface area contributed by atoms with E-state index >= 15 is 0 Å². The highest BCUT2D eigenvalue weighted by molar-refractivity contribution is 7.89. The maximum absolute atomic E-state index is 12.9. The fraction of sp³-hybridized carbons (Fsp3) is 0.667. The van der Waals surface area contributed by atoms with Crippen LogP contribution in [0.5, 0.6) is 5.75 Å². The van der Waals surface area contributed by atoms with Crippen LogP contribution in [0, 0.1) is 0 Å². The zero-order chi connectivity index (χ0) is 22.3. The lowest BCUT2D eigenvalue weighted by Crippen LogP contribution is -2.44. The number of benzene rings is 1. The number of likely N-dealkylation sites (N-methyl/N-ethyl adjacent to an activating group) is 1. The van der Waals surface area contributed by atoms with Gasteiger partial charge in [0.15, 0.2) is 0 Å². The van der Waals surface area contributed by atoms with Gasteiger partial charge < -0.3 is 24.6 Å². The second-order valence-electron chi connectivity index (χ2n) is 7.99. The minimum absolute atomic E-state index is 0.0930. The molecule has 2 heterocycles. The van der Waals surface area contributed by atoms with Gasteiger partial charge in [-0.05, 0) is 44.6 Å². The summed E-state index contributed by atoms with van der Waals surface area (Å²) in [5, 5.41) is 2.90. The summed E-state index contributed by atoms with van der Waals surface area (Å²) in [6.07, 6.45) is 1.87. The van der Waals surface area contributed by atoms with Gasteiger partial charge in [-0.2, -0.15) is 4.31 Å². The van der Waals surface area contributed by atoms with Gasteiger partial charge in [-0.3, -0.25) is 4.79 Å². The highest BCUT2D eigenvalue weighted by atomic mass is 32.2. The first-order chi connectivity index (χ1) is 14.9. The summed E-state index contributed by atoms with van der Waals surface area (Å²) in [5.41, 5.74) is 0.232. The van der Waals surface area contributed by atoms with Crippen molar-refractivity contribution >= 4 is 15.9 Å². The maximum Gasteiger partial charge on any atom is 0.255 e. The zero-order valence-electron chi connectivity index (χ0n) is 18.5. The Kier molecular flexibility index (Phi) is 8.67. The molecule has 0 saturated carbocycles. The average Bonchev–Trinajstić information content (AvgIpc) is 2.80. The molecular weight excluding hydrogens is 420 g/mol. The van der Waals surface area contributed by atoms with Gasteiger partial charge in [0.25, 0.3) is 5.91 Å². The molecule has 2 aliphatic heterocycles. The number of nitrogens with one attached hydrogen (secondary N) is 1. The normalized spacial score (nSPS) is 19.3. The molecule has 1 N–H and O–H groups in total.